The Bertz CT molecular complexity index is 429. The average Bonchev–Trinajstić information content (AvgIpc) is 2.76. The fourth-order valence-electron chi connectivity index (χ4n) is 1.22. The van der Waals surface area contributed by atoms with Crippen LogP contribution in [0.15, 0.2) is 6.20 Å². The van der Waals surface area contributed by atoms with Crippen LogP contribution in [-0.2, 0) is 11.3 Å². The highest BCUT2D eigenvalue weighted by atomic mass is 16.4. The monoisotopic (exact) mass is 255 g/mol. The van der Waals surface area contributed by atoms with E-state index in [-0.39, 0.29) is 17.5 Å². The molecule has 0 aliphatic carbocycles. The van der Waals surface area contributed by atoms with Gasteiger partial charge in [0.05, 0.1) is 18.8 Å². The molecule has 100 valence electrons. The minimum atomic E-state index is -1.13. The number of amides is 1. The molecule has 0 radical (unpaired) electrons. The van der Waals surface area contributed by atoms with Crippen LogP contribution in [0.3, 0.4) is 0 Å². The number of nitrogens with zero attached hydrogens (tertiary/aromatic N) is 3. The summed E-state index contributed by atoms with van der Waals surface area (Å²) in [5.74, 6) is -1.30. The van der Waals surface area contributed by atoms with Gasteiger partial charge in [-0.05, 0) is 5.92 Å². The first-order chi connectivity index (χ1) is 8.41. The molecule has 8 nitrogen and oxygen atoms in total. The van der Waals surface area contributed by atoms with Crippen LogP contribution in [0.2, 0.25) is 0 Å². The predicted molar refractivity (Wildman–Crippen MR) is 62.8 cm³/mol. The Morgan fingerprint density at radius 2 is 2.22 bits per heavy atom. The van der Waals surface area contributed by atoms with E-state index in [2.05, 4.69) is 15.6 Å². The molecule has 0 saturated heterocycles. The molecule has 1 rings (SSSR count). The van der Waals surface area contributed by atoms with Gasteiger partial charge in [-0.1, -0.05) is 19.1 Å². The van der Waals surface area contributed by atoms with Crippen LogP contribution in [0, 0.1) is 5.92 Å². The summed E-state index contributed by atoms with van der Waals surface area (Å²) in [5, 5.41) is 18.4. The maximum Gasteiger partial charge on any atom is 0.358 e. The fourth-order valence-corrected chi connectivity index (χ4v) is 1.22. The zero-order valence-electron chi connectivity index (χ0n) is 10.3. The molecule has 4 N–H and O–H groups in total. The highest BCUT2D eigenvalue weighted by Crippen LogP contribution is 1.97. The molecule has 0 aliphatic rings. The van der Waals surface area contributed by atoms with Gasteiger partial charge in [0.2, 0.25) is 5.91 Å². The number of carboxylic acid groups (broad SMARTS) is 1. The number of carbonyl (C=O) groups is 2. The summed E-state index contributed by atoms with van der Waals surface area (Å²) in [4.78, 5) is 22.1. The van der Waals surface area contributed by atoms with Crippen molar-refractivity contribution >= 4 is 11.9 Å². The molecule has 0 bridgehead atoms. The summed E-state index contributed by atoms with van der Waals surface area (Å²) in [5.41, 5.74) is 5.53. The lowest BCUT2D eigenvalue weighted by molar-refractivity contribution is -0.123. The van der Waals surface area contributed by atoms with Crippen LogP contribution in [0.5, 0.6) is 0 Å². The van der Waals surface area contributed by atoms with Gasteiger partial charge < -0.3 is 16.2 Å². The van der Waals surface area contributed by atoms with Gasteiger partial charge in [-0.15, -0.1) is 5.10 Å². The topological polar surface area (TPSA) is 123 Å². The van der Waals surface area contributed by atoms with Crippen molar-refractivity contribution in [1.82, 2.24) is 20.3 Å². The average molecular weight is 255 g/mol. The van der Waals surface area contributed by atoms with Crippen molar-refractivity contribution in [3.63, 3.8) is 0 Å². The molecule has 1 atom stereocenters. The third-order valence-electron chi connectivity index (χ3n) is 2.42. The Labute approximate surface area is 104 Å². The molecule has 8 heteroatoms. The molecule has 0 fully saturated rings. The molecule has 1 aromatic heterocycles. The Kier molecular flexibility index (Phi) is 4.78. The summed E-state index contributed by atoms with van der Waals surface area (Å²) >= 11 is 0. The minimum absolute atomic E-state index is 0.0648. The number of hydrogen-bond donors (Lipinski definition) is 3. The summed E-state index contributed by atoms with van der Waals surface area (Å²) in [7, 11) is 0. The third-order valence-corrected chi connectivity index (χ3v) is 2.42. The zero-order chi connectivity index (χ0) is 13.7. The van der Waals surface area contributed by atoms with Crippen molar-refractivity contribution in [1.29, 1.82) is 0 Å². The van der Waals surface area contributed by atoms with Crippen LogP contribution >= 0.6 is 0 Å². The maximum atomic E-state index is 11.5. The molecule has 1 heterocycles. The first-order valence-corrected chi connectivity index (χ1v) is 5.58. The summed E-state index contributed by atoms with van der Waals surface area (Å²) in [6.07, 6.45) is 1.30. The van der Waals surface area contributed by atoms with E-state index in [4.69, 9.17) is 10.8 Å². The lowest BCUT2D eigenvalue weighted by Gasteiger charge is -2.14. The zero-order valence-corrected chi connectivity index (χ0v) is 10.3. The lowest BCUT2D eigenvalue weighted by Crippen LogP contribution is -2.44. The maximum absolute atomic E-state index is 11.5. The summed E-state index contributed by atoms with van der Waals surface area (Å²) < 4.78 is 1.35. The number of carbonyl (C=O) groups excluding carboxylic acids is 1. The van der Waals surface area contributed by atoms with Crippen LogP contribution in [0.25, 0.3) is 0 Å². The van der Waals surface area contributed by atoms with Gasteiger partial charge in [0.15, 0.2) is 5.69 Å². The molecule has 0 aliphatic heterocycles. The highest BCUT2D eigenvalue weighted by molar-refractivity contribution is 5.84. The minimum Gasteiger partial charge on any atom is -0.476 e. The van der Waals surface area contributed by atoms with Gasteiger partial charge in [-0.25, -0.2) is 9.48 Å². The summed E-state index contributed by atoms with van der Waals surface area (Å²) in [6.45, 7) is 4.39. The lowest BCUT2D eigenvalue weighted by atomic mass is 10.1. The second-order valence-electron chi connectivity index (χ2n) is 4.23. The van der Waals surface area contributed by atoms with E-state index in [0.717, 1.165) is 0 Å². The van der Waals surface area contributed by atoms with Gasteiger partial charge >= 0.3 is 5.97 Å². The third kappa shape index (κ3) is 3.81. The number of nitrogens with two attached hydrogens (primary N) is 1. The molecule has 1 aromatic rings. The van der Waals surface area contributed by atoms with Crippen LogP contribution in [0.1, 0.15) is 24.3 Å². The SMILES string of the molecule is CC(C)[C@H](N)C(=O)NCCn1cc(C(=O)O)nn1. The number of rotatable bonds is 6. The molecule has 0 unspecified atom stereocenters. The Balaban J connectivity index is 2.37. The number of aromatic carboxylic acids is 1. The Hall–Kier alpha value is -1.96. The molecular formula is C10H17N5O3. The van der Waals surface area contributed by atoms with Gasteiger partial charge in [0.1, 0.15) is 0 Å². The number of hydrogen-bond acceptors (Lipinski definition) is 5. The van der Waals surface area contributed by atoms with E-state index in [1.54, 1.807) is 0 Å². The summed E-state index contributed by atoms with van der Waals surface area (Å²) in [6, 6.07) is -0.546. The smallest absolute Gasteiger partial charge is 0.358 e. The van der Waals surface area contributed by atoms with E-state index in [0.29, 0.717) is 13.1 Å². The van der Waals surface area contributed by atoms with Crippen molar-refractivity contribution in [2.45, 2.75) is 26.4 Å². The number of carboxylic acids is 1. The first kappa shape index (κ1) is 14.1. The first-order valence-electron chi connectivity index (χ1n) is 5.58. The largest absolute Gasteiger partial charge is 0.476 e. The molecule has 18 heavy (non-hydrogen) atoms. The Morgan fingerprint density at radius 3 is 2.72 bits per heavy atom. The molecular weight excluding hydrogens is 238 g/mol. The van der Waals surface area contributed by atoms with Crippen molar-refractivity contribution in [2.75, 3.05) is 6.54 Å². The Morgan fingerprint density at radius 1 is 1.56 bits per heavy atom. The van der Waals surface area contributed by atoms with E-state index < -0.39 is 12.0 Å². The second kappa shape index (κ2) is 6.10. The molecule has 0 spiro atoms. The van der Waals surface area contributed by atoms with Gasteiger partial charge in [0, 0.05) is 6.54 Å². The molecule has 1 amide bonds. The standard InChI is InChI=1S/C10H17N5O3/c1-6(2)8(11)9(16)12-3-4-15-5-7(10(17)18)13-14-15/h5-6,8H,3-4,11H2,1-2H3,(H,12,16)(H,17,18)/t8-/m0/s1. The number of nitrogens with one attached hydrogen (secondary N) is 1. The van der Waals surface area contributed by atoms with E-state index in [1.165, 1.54) is 10.9 Å². The van der Waals surface area contributed by atoms with Crippen molar-refractivity contribution in [3.8, 4) is 0 Å². The van der Waals surface area contributed by atoms with Gasteiger partial charge in [-0.3, -0.25) is 4.79 Å². The van der Waals surface area contributed by atoms with Gasteiger partial charge in [-0.2, -0.15) is 0 Å². The predicted octanol–water partition coefficient (Wildman–Crippen LogP) is -0.924. The van der Waals surface area contributed by atoms with Crippen LogP contribution in [0.4, 0.5) is 0 Å². The number of aromatic nitrogens is 3. The quantitative estimate of drug-likeness (QED) is 0.603. The van der Waals surface area contributed by atoms with E-state index >= 15 is 0 Å². The van der Waals surface area contributed by atoms with Crippen molar-refractivity contribution in [2.24, 2.45) is 11.7 Å². The van der Waals surface area contributed by atoms with Crippen molar-refractivity contribution < 1.29 is 14.7 Å². The second-order valence-corrected chi connectivity index (χ2v) is 4.23. The normalized spacial score (nSPS) is 12.4. The molecule has 0 saturated carbocycles. The fraction of sp³-hybridized carbons (Fsp3) is 0.600. The highest BCUT2D eigenvalue weighted by Gasteiger charge is 2.16. The molecule has 0 aromatic carbocycles. The van der Waals surface area contributed by atoms with Crippen molar-refractivity contribution in [3.05, 3.63) is 11.9 Å². The van der Waals surface area contributed by atoms with Gasteiger partial charge in [0.25, 0.3) is 0 Å². The van der Waals surface area contributed by atoms with E-state index in [9.17, 15) is 9.59 Å². The van der Waals surface area contributed by atoms with E-state index in [1.807, 2.05) is 13.8 Å². The van der Waals surface area contributed by atoms with Crippen LogP contribution < -0.4 is 11.1 Å². The van der Waals surface area contributed by atoms with Crippen LogP contribution in [-0.4, -0.2) is 44.6 Å².